The molecule has 13 heteroatoms. The number of carbonyl (C=O) groups excluding carboxylic acids is 1. The molecule has 0 saturated heterocycles. The number of aromatic nitrogens is 4. The second-order valence-corrected chi connectivity index (χ2v) is 7.83. The average Bonchev–Trinajstić information content (AvgIpc) is 3.11. The van der Waals surface area contributed by atoms with E-state index in [1.165, 1.54) is 16.9 Å². The normalized spacial score (nSPS) is 11.9. The minimum absolute atomic E-state index is 0.0748. The van der Waals surface area contributed by atoms with E-state index in [4.69, 9.17) is 28.3 Å². The van der Waals surface area contributed by atoms with Crippen LogP contribution in [0.1, 0.15) is 30.6 Å². The van der Waals surface area contributed by atoms with Gasteiger partial charge in [-0.3, -0.25) is 4.79 Å². The first-order chi connectivity index (χ1) is 15.0. The molecule has 0 fully saturated rings. The van der Waals surface area contributed by atoms with E-state index in [-0.39, 0.29) is 17.4 Å². The number of aliphatic hydroxyl groups is 1. The van der Waals surface area contributed by atoms with Crippen LogP contribution in [0.2, 0.25) is 0 Å². The van der Waals surface area contributed by atoms with E-state index in [2.05, 4.69) is 31.0 Å². The summed E-state index contributed by atoms with van der Waals surface area (Å²) < 4.78 is 6.78. The number of nitrogens with zero attached hydrogens (tertiary/aromatic N) is 4. The lowest BCUT2D eigenvalue weighted by Gasteiger charge is -2.24. The SMILES string of the molecule is [B]C([B])([B])Oc1ncccc1Nc1cc(NC)n2ncc(C(=O)NCCC(C)(C)O)c2n1. The minimum Gasteiger partial charge on any atom is -0.499 e. The highest BCUT2D eigenvalue weighted by molar-refractivity contribution is 6.58. The van der Waals surface area contributed by atoms with Crippen LogP contribution < -0.4 is 20.7 Å². The molecule has 0 aliphatic heterocycles. The number of hydrogen-bond donors (Lipinski definition) is 4. The van der Waals surface area contributed by atoms with Crippen LogP contribution in [-0.2, 0) is 0 Å². The van der Waals surface area contributed by atoms with Gasteiger partial charge in [-0.15, -0.1) is 0 Å². The molecule has 3 aromatic heterocycles. The number of ether oxygens (including phenoxy) is 1. The Morgan fingerprint density at radius 2 is 2.06 bits per heavy atom. The molecule has 10 nitrogen and oxygen atoms in total. The van der Waals surface area contributed by atoms with Crippen LogP contribution in [0.3, 0.4) is 0 Å². The summed E-state index contributed by atoms with van der Waals surface area (Å²) in [6.07, 6.45) is 3.32. The number of hydrogen-bond acceptors (Lipinski definition) is 8. The van der Waals surface area contributed by atoms with Gasteiger partial charge in [0, 0.05) is 25.9 Å². The number of rotatable bonds is 9. The molecule has 6 radical (unpaired) electrons. The molecule has 1 amide bonds. The minimum atomic E-state index is -1.92. The highest BCUT2D eigenvalue weighted by atomic mass is 16.5. The summed E-state index contributed by atoms with van der Waals surface area (Å²) in [5.41, 5.74) is 0.110. The van der Waals surface area contributed by atoms with E-state index in [1.807, 2.05) is 0 Å². The van der Waals surface area contributed by atoms with Crippen LogP contribution in [0.4, 0.5) is 17.3 Å². The zero-order chi connectivity index (χ0) is 23.5. The first-order valence-electron chi connectivity index (χ1n) is 9.81. The number of amides is 1. The molecule has 0 aromatic carbocycles. The second kappa shape index (κ2) is 9.11. The van der Waals surface area contributed by atoms with Crippen LogP contribution in [0, 0.1) is 0 Å². The number of carbonyl (C=O) groups is 1. The van der Waals surface area contributed by atoms with Gasteiger partial charge in [0.1, 0.15) is 46.4 Å². The van der Waals surface area contributed by atoms with Crippen LogP contribution in [0.5, 0.6) is 5.88 Å². The summed E-state index contributed by atoms with van der Waals surface area (Å²) >= 11 is 0. The third-order valence-corrected chi connectivity index (χ3v) is 4.30. The van der Waals surface area contributed by atoms with Gasteiger partial charge in [-0.25, -0.2) is 9.97 Å². The van der Waals surface area contributed by atoms with Crippen molar-refractivity contribution >= 4 is 52.4 Å². The van der Waals surface area contributed by atoms with E-state index in [1.54, 1.807) is 39.1 Å². The molecule has 32 heavy (non-hydrogen) atoms. The van der Waals surface area contributed by atoms with E-state index >= 15 is 0 Å². The van der Waals surface area contributed by atoms with Gasteiger partial charge in [0.15, 0.2) is 5.65 Å². The number of fused-ring (bicyclic) bond motifs is 1. The lowest BCUT2D eigenvalue weighted by molar-refractivity contribution is 0.0693. The van der Waals surface area contributed by atoms with Crippen molar-refractivity contribution in [3.8, 4) is 5.88 Å². The largest absolute Gasteiger partial charge is 0.499 e. The van der Waals surface area contributed by atoms with Crippen LogP contribution in [-0.4, -0.2) is 78.6 Å². The van der Waals surface area contributed by atoms with E-state index in [9.17, 15) is 9.90 Å². The smallest absolute Gasteiger partial charge is 0.256 e. The van der Waals surface area contributed by atoms with Crippen molar-refractivity contribution in [2.24, 2.45) is 0 Å². The van der Waals surface area contributed by atoms with Crippen molar-refractivity contribution < 1.29 is 14.6 Å². The summed E-state index contributed by atoms with van der Waals surface area (Å²) in [5, 5.41) is 21.0. The summed E-state index contributed by atoms with van der Waals surface area (Å²) in [4.78, 5) is 21.3. The highest BCUT2D eigenvalue weighted by Crippen LogP contribution is 2.27. The topological polar surface area (TPSA) is 126 Å². The summed E-state index contributed by atoms with van der Waals surface area (Å²) in [5.74, 6) is 0.666. The van der Waals surface area contributed by atoms with Crippen molar-refractivity contribution in [1.82, 2.24) is 24.9 Å². The van der Waals surface area contributed by atoms with E-state index in [0.717, 1.165) is 0 Å². The Kier molecular flexibility index (Phi) is 6.68. The summed E-state index contributed by atoms with van der Waals surface area (Å²) in [6.45, 7) is 3.65. The fourth-order valence-corrected chi connectivity index (χ4v) is 2.82. The van der Waals surface area contributed by atoms with Gasteiger partial charge < -0.3 is 25.8 Å². The lowest BCUT2D eigenvalue weighted by atomic mass is 9.52. The number of anilines is 3. The van der Waals surface area contributed by atoms with Crippen molar-refractivity contribution in [3.05, 3.63) is 36.2 Å². The molecule has 0 atom stereocenters. The Bertz CT molecular complexity index is 1110. The average molecular weight is 429 g/mol. The predicted octanol–water partition coefficient (Wildman–Crippen LogP) is 0.296. The molecule has 0 aliphatic rings. The zero-order valence-electron chi connectivity index (χ0n) is 18.1. The van der Waals surface area contributed by atoms with Crippen molar-refractivity contribution in [2.45, 2.75) is 31.2 Å². The van der Waals surface area contributed by atoms with E-state index < -0.39 is 10.9 Å². The molecule has 3 rings (SSSR count). The van der Waals surface area contributed by atoms with Crippen LogP contribution >= 0.6 is 0 Å². The molecule has 0 spiro atoms. The van der Waals surface area contributed by atoms with Gasteiger partial charge in [0.25, 0.3) is 5.91 Å². The monoisotopic (exact) mass is 429 g/mol. The van der Waals surface area contributed by atoms with Gasteiger partial charge >= 0.3 is 0 Å². The maximum absolute atomic E-state index is 12.7. The molecule has 3 aromatic rings. The zero-order valence-corrected chi connectivity index (χ0v) is 18.1. The van der Waals surface area contributed by atoms with Gasteiger partial charge in [-0.1, -0.05) is 0 Å². The van der Waals surface area contributed by atoms with Gasteiger partial charge in [-0.2, -0.15) is 9.61 Å². The fourth-order valence-electron chi connectivity index (χ4n) is 2.82. The fraction of sp³-hybridized carbons (Fsp3) is 0.368. The summed E-state index contributed by atoms with van der Waals surface area (Å²) in [6, 6.07) is 5.05. The van der Waals surface area contributed by atoms with Crippen molar-refractivity contribution in [2.75, 3.05) is 24.2 Å². The second-order valence-electron chi connectivity index (χ2n) is 7.83. The highest BCUT2D eigenvalue weighted by Gasteiger charge is 2.20. The maximum Gasteiger partial charge on any atom is 0.256 e. The van der Waals surface area contributed by atoms with Gasteiger partial charge in [0.05, 0.1) is 11.8 Å². The predicted molar refractivity (Wildman–Crippen MR) is 124 cm³/mol. The Hall–Kier alpha value is -3.21. The summed E-state index contributed by atoms with van der Waals surface area (Å²) in [7, 11) is 18.3. The van der Waals surface area contributed by atoms with Gasteiger partial charge in [-0.05, 0) is 37.7 Å². The third kappa shape index (κ3) is 5.94. The van der Waals surface area contributed by atoms with Gasteiger partial charge in [0.2, 0.25) is 5.88 Å². The van der Waals surface area contributed by atoms with Crippen molar-refractivity contribution in [3.63, 3.8) is 0 Å². The molecule has 0 unspecified atom stereocenters. The van der Waals surface area contributed by atoms with Crippen LogP contribution in [0.25, 0.3) is 5.65 Å². The Labute approximate surface area is 189 Å². The standard InChI is InChI=1S/C19H22B3N7O3/c1-18(2,31)6-8-24-16(30)11-10-26-29-14(23-3)9-13(28-15(11)29)27-12-5-4-7-25-17(12)32-19(20,21)22/h4-5,7,9-10,23,31H,6,8H2,1-3H3,(H,24,30)(H,27,28). The number of nitrogens with one attached hydrogen (secondary N) is 3. The molecule has 3 heterocycles. The molecule has 0 bridgehead atoms. The Balaban J connectivity index is 1.92. The molecule has 0 aliphatic carbocycles. The first kappa shape index (κ1) is 23.5. The Morgan fingerprint density at radius 3 is 2.72 bits per heavy atom. The molecular formula is C19H22B3N7O3. The molecule has 4 N–H and O–H groups in total. The quantitative estimate of drug-likeness (QED) is 0.358. The Morgan fingerprint density at radius 1 is 1.31 bits per heavy atom. The molecular weight excluding hydrogens is 407 g/mol. The van der Waals surface area contributed by atoms with Crippen molar-refractivity contribution in [1.29, 1.82) is 0 Å². The van der Waals surface area contributed by atoms with Crippen LogP contribution in [0.15, 0.2) is 30.6 Å². The number of pyridine rings is 1. The lowest BCUT2D eigenvalue weighted by Crippen LogP contribution is -2.38. The maximum atomic E-state index is 12.7. The third-order valence-electron chi connectivity index (χ3n) is 4.30. The molecule has 160 valence electrons. The first-order valence-corrected chi connectivity index (χ1v) is 9.81. The molecule has 0 saturated carbocycles. The van der Waals surface area contributed by atoms with E-state index in [0.29, 0.717) is 35.9 Å².